The van der Waals surface area contributed by atoms with Gasteiger partial charge in [0.25, 0.3) is 0 Å². The lowest BCUT2D eigenvalue weighted by Crippen LogP contribution is -2.39. The molecule has 2 amide bonds. The third-order valence-electron chi connectivity index (χ3n) is 4.90. The van der Waals surface area contributed by atoms with Gasteiger partial charge in [0, 0.05) is 43.9 Å². The van der Waals surface area contributed by atoms with Crippen LogP contribution in [0.1, 0.15) is 32.3 Å². The molecule has 0 atom stereocenters. The van der Waals surface area contributed by atoms with Crippen LogP contribution in [-0.2, 0) is 16.1 Å². The summed E-state index contributed by atoms with van der Waals surface area (Å²) in [6.07, 6.45) is 1.56. The fraction of sp³-hybridized carbons (Fsp3) is 0.375. The van der Waals surface area contributed by atoms with E-state index in [1.807, 2.05) is 54.3 Å². The first-order valence-electron chi connectivity index (χ1n) is 11.0. The molecule has 2 aromatic carbocycles. The first-order chi connectivity index (χ1) is 15.5. The van der Waals surface area contributed by atoms with Crippen molar-refractivity contribution in [3.05, 3.63) is 54.1 Å². The monoisotopic (exact) mass is 565 g/mol. The molecule has 3 N–H and O–H groups in total. The van der Waals surface area contributed by atoms with Crippen molar-refractivity contribution in [2.75, 3.05) is 36.5 Å². The zero-order chi connectivity index (χ0) is 22.8. The summed E-state index contributed by atoms with van der Waals surface area (Å²) in [5.41, 5.74) is 2.73. The van der Waals surface area contributed by atoms with Crippen molar-refractivity contribution in [2.45, 2.75) is 33.2 Å². The van der Waals surface area contributed by atoms with Gasteiger partial charge in [-0.05, 0) is 43.2 Å². The predicted molar refractivity (Wildman–Crippen MR) is 143 cm³/mol. The molecular weight excluding hydrogens is 533 g/mol. The summed E-state index contributed by atoms with van der Waals surface area (Å²) < 4.78 is 5.76. The number of halogens is 1. The molecule has 0 aliphatic carbocycles. The number of anilines is 2. The quantitative estimate of drug-likeness (QED) is 0.187. The maximum Gasteiger partial charge on any atom is 0.227 e. The average Bonchev–Trinajstić information content (AvgIpc) is 3.21. The van der Waals surface area contributed by atoms with E-state index in [0.29, 0.717) is 43.5 Å². The number of carbonyl (C=O) groups excluding carboxylic acids is 2. The Hall–Kier alpha value is -2.82. The Labute approximate surface area is 212 Å². The van der Waals surface area contributed by atoms with Gasteiger partial charge >= 0.3 is 0 Å². The minimum atomic E-state index is -0.116. The molecule has 1 saturated heterocycles. The maximum absolute atomic E-state index is 11.9. The van der Waals surface area contributed by atoms with Crippen LogP contribution < -0.4 is 25.6 Å². The molecule has 0 spiro atoms. The Balaban J connectivity index is 0.00000385. The second-order valence-electron chi connectivity index (χ2n) is 7.49. The SMILES string of the molecule is CCNC(=NCc1ccc(N2CCCC2=O)cc1)NCCOc1cccc(NC(C)=O)c1.I. The van der Waals surface area contributed by atoms with Crippen LogP contribution in [0, 0.1) is 0 Å². The zero-order valence-electron chi connectivity index (χ0n) is 19.1. The maximum atomic E-state index is 11.9. The molecule has 0 radical (unpaired) electrons. The minimum Gasteiger partial charge on any atom is -0.492 e. The first-order valence-corrected chi connectivity index (χ1v) is 11.0. The molecule has 1 fully saturated rings. The number of hydrogen-bond acceptors (Lipinski definition) is 4. The smallest absolute Gasteiger partial charge is 0.227 e. The Morgan fingerprint density at radius 3 is 2.61 bits per heavy atom. The van der Waals surface area contributed by atoms with E-state index >= 15 is 0 Å². The molecule has 1 heterocycles. The van der Waals surface area contributed by atoms with Crippen LogP contribution >= 0.6 is 24.0 Å². The fourth-order valence-electron chi connectivity index (χ4n) is 3.42. The highest BCUT2D eigenvalue weighted by atomic mass is 127. The highest BCUT2D eigenvalue weighted by molar-refractivity contribution is 14.0. The molecule has 8 nitrogen and oxygen atoms in total. The van der Waals surface area contributed by atoms with Gasteiger partial charge < -0.3 is 25.6 Å². The molecule has 0 saturated carbocycles. The predicted octanol–water partition coefficient (Wildman–Crippen LogP) is 3.52. The van der Waals surface area contributed by atoms with Gasteiger partial charge in [0.2, 0.25) is 11.8 Å². The highest BCUT2D eigenvalue weighted by Crippen LogP contribution is 2.21. The van der Waals surface area contributed by atoms with Crippen molar-refractivity contribution < 1.29 is 14.3 Å². The van der Waals surface area contributed by atoms with Crippen LogP contribution in [0.15, 0.2) is 53.5 Å². The number of nitrogens with one attached hydrogen (secondary N) is 3. The van der Waals surface area contributed by atoms with Crippen LogP contribution in [0.5, 0.6) is 5.75 Å². The molecule has 1 aliphatic heterocycles. The standard InChI is InChI=1S/C24H31N5O3.HI/c1-3-25-24(26-13-15-32-22-7-4-6-20(16-22)28-18(2)30)27-17-19-9-11-21(12-10-19)29-14-5-8-23(29)31;/h4,6-7,9-12,16H,3,5,8,13-15,17H2,1-2H3,(H,28,30)(H2,25,26,27);1H. The summed E-state index contributed by atoms with van der Waals surface area (Å²) >= 11 is 0. The van der Waals surface area contributed by atoms with Crippen LogP contribution in [0.25, 0.3) is 0 Å². The molecule has 3 rings (SSSR count). The molecule has 2 aromatic rings. The fourth-order valence-corrected chi connectivity index (χ4v) is 3.42. The van der Waals surface area contributed by atoms with Crippen LogP contribution in [0.4, 0.5) is 11.4 Å². The summed E-state index contributed by atoms with van der Waals surface area (Å²) in [7, 11) is 0. The Morgan fingerprint density at radius 1 is 1.15 bits per heavy atom. The van der Waals surface area contributed by atoms with Crippen molar-refractivity contribution >= 4 is 53.1 Å². The summed E-state index contributed by atoms with van der Waals surface area (Å²) in [5.74, 6) is 1.48. The van der Waals surface area contributed by atoms with E-state index in [-0.39, 0.29) is 35.8 Å². The van der Waals surface area contributed by atoms with Crippen molar-refractivity contribution in [3.63, 3.8) is 0 Å². The second-order valence-corrected chi connectivity index (χ2v) is 7.49. The van der Waals surface area contributed by atoms with Gasteiger partial charge in [-0.15, -0.1) is 24.0 Å². The lowest BCUT2D eigenvalue weighted by Gasteiger charge is -2.16. The topological polar surface area (TPSA) is 95.1 Å². The van der Waals surface area contributed by atoms with Gasteiger partial charge in [0.1, 0.15) is 12.4 Å². The van der Waals surface area contributed by atoms with Crippen LogP contribution in [0.2, 0.25) is 0 Å². The van der Waals surface area contributed by atoms with Crippen LogP contribution in [0.3, 0.4) is 0 Å². The zero-order valence-corrected chi connectivity index (χ0v) is 21.4. The summed E-state index contributed by atoms with van der Waals surface area (Å²) in [5, 5.41) is 9.23. The number of carbonyl (C=O) groups is 2. The van der Waals surface area contributed by atoms with E-state index in [0.717, 1.165) is 30.8 Å². The van der Waals surface area contributed by atoms with Crippen molar-refractivity contribution in [1.82, 2.24) is 10.6 Å². The van der Waals surface area contributed by atoms with Crippen molar-refractivity contribution in [3.8, 4) is 5.75 Å². The van der Waals surface area contributed by atoms with E-state index in [9.17, 15) is 9.59 Å². The molecular formula is C24H32IN5O3. The van der Waals surface area contributed by atoms with E-state index in [1.165, 1.54) is 6.92 Å². The van der Waals surface area contributed by atoms with Crippen LogP contribution in [-0.4, -0.2) is 44.0 Å². The molecule has 178 valence electrons. The third-order valence-corrected chi connectivity index (χ3v) is 4.90. The van der Waals surface area contributed by atoms with Gasteiger partial charge in [-0.2, -0.15) is 0 Å². The molecule has 0 bridgehead atoms. The van der Waals surface area contributed by atoms with E-state index in [4.69, 9.17) is 4.74 Å². The number of nitrogens with zero attached hydrogens (tertiary/aromatic N) is 2. The average molecular weight is 565 g/mol. The minimum absolute atomic E-state index is 0. The second kappa shape index (κ2) is 13.7. The van der Waals surface area contributed by atoms with Gasteiger partial charge in [-0.25, -0.2) is 4.99 Å². The van der Waals surface area contributed by atoms with E-state index in [2.05, 4.69) is 20.9 Å². The number of amides is 2. The van der Waals surface area contributed by atoms with Gasteiger partial charge in [0.05, 0.1) is 13.1 Å². The highest BCUT2D eigenvalue weighted by Gasteiger charge is 2.21. The normalized spacial score (nSPS) is 13.3. The molecule has 0 aromatic heterocycles. The Kier molecular flexibility index (Phi) is 10.9. The molecule has 1 aliphatic rings. The Morgan fingerprint density at radius 2 is 1.94 bits per heavy atom. The summed E-state index contributed by atoms with van der Waals surface area (Å²) in [6, 6.07) is 15.3. The molecule has 33 heavy (non-hydrogen) atoms. The first kappa shape index (κ1) is 26.4. The number of rotatable bonds is 9. The lowest BCUT2D eigenvalue weighted by molar-refractivity contribution is -0.117. The van der Waals surface area contributed by atoms with E-state index in [1.54, 1.807) is 6.07 Å². The lowest BCUT2D eigenvalue weighted by atomic mass is 10.2. The van der Waals surface area contributed by atoms with Crippen molar-refractivity contribution in [2.24, 2.45) is 4.99 Å². The van der Waals surface area contributed by atoms with Gasteiger partial charge in [0.15, 0.2) is 5.96 Å². The Bertz CT molecular complexity index is 949. The number of hydrogen-bond donors (Lipinski definition) is 3. The summed E-state index contributed by atoms with van der Waals surface area (Å²) in [4.78, 5) is 29.5. The van der Waals surface area contributed by atoms with Gasteiger partial charge in [-0.1, -0.05) is 18.2 Å². The largest absolute Gasteiger partial charge is 0.492 e. The summed E-state index contributed by atoms with van der Waals surface area (Å²) in [6.45, 7) is 6.60. The number of ether oxygens (including phenoxy) is 1. The molecule has 0 unspecified atom stereocenters. The van der Waals surface area contributed by atoms with Gasteiger partial charge in [-0.3, -0.25) is 9.59 Å². The molecule has 9 heteroatoms. The third kappa shape index (κ3) is 8.56. The number of aliphatic imine (C=N–C) groups is 1. The van der Waals surface area contributed by atoms with E-state index < -0.39 is 0 Å². The van der Waals surface area contributed by atoms with Crippen molar-refractivity contribution in [1.29, 1.82) is 0 Å². The number of guanidine groups is 1. The number of benzene rings is 2.